The molecule has 1 aromatic heterocycles. The van der Waals surface area contributed by atoms with Gasteiger partial charge in [-0.1, -0.05) is 18.2 Å². The van der Waals surface area contributed by atoms with Crippen LogP contribution in [0, 0.1) is 13.8 Å². The molecule has 2 heterocycles. The van der Waals surface area contributed by atoms with Crippen LogP contribution in [-0.4, -0.2) is 45.4 Å². The van der Waals surface area contributed by atoms with Crippen LogP contribution in [0.4, 0.5) is 10.5 Å². The van der Waals surface area contributed by atoms with Crippen LogP contribution in [0.5, 0.6) is 0 Å². The fourth-order valence-corrected chi connectivity index (χ4v) is 3.88. The van der Waals surface area contributed by atoms with Crippen molar-refractivity contribution in [2.45, 2.75) is 13.8 Å². The Labute approximate surface area is 190 Å². The molecule has 1 N–H and O–H groups in total. The summed E-state index contributed by atoms with van der Waals surface area (Å²) in [4.78, 5) is 51.7. The number of carboxylic acid groups (broad SMARTS) is 1. The number of rotatable bonds is 4. The second-order valence-electron chi connectivity index (χ2n) is 7.69. The van der Waals surface area contributed by atoms with E-state index in [1.165, 1.54) is 25.3 Å². The van der Waals surface area contributed by atoms with Gasteiger partial charge in [0.25, 0.3) is 11.8 Å². The first-order chi connectivity index (χ1) is 15.7. The minimum Gasteiger partial charge on any atom is -0.478 e. The summed E-state index contributed by atoms with van der Waals surface area (Å²) in [7, 11) is 1.34. The Hall–Kier alpha value is -4.46. The minimum absolute atomic E-state index is 0.123. The molecule has 0 spiro atoms. The quantitative estimate of drug-likeness (QED) is 0.488. The number of para-hydroxylation sites is 1. The molecule has 33 heavy (non-hydrogen) atoms. The highest BCUT2D eigenvalue weighted by Crippen LogP contribution is 2.28. The van der Waals surface area contributed by atoms with Gasteiger partial charge in [0.1, 0.15) is 5.57 Å². The SMILES string of the molecule is Cc1cc(/C=C2\C(=O)N(C)C(=O)N(c3ccccc3)C2=O)c(C)n1-c1ccc(C(=O)O)cc1. The number of carbonyl (C=O) groups is 4. The number of hydrogen-bond donors (Lipinski definition) is 1. The van der Waals surface area contributed by atoms with Crippen molar-refractivity contribution in [3.05, 3.63) is 88.8 Å². The van der Waals surface area contributed by atoms with E-state index in [1.807, 2.05) is 24.5 Å². The molecule has 8 heteroatoms. The van der Waals surface area contributed by atoms with Crippen LogP contribution in [-0.2, 0) is 9.59 Å². The normalized spacial score (nSPS) is 15.5. The monoisotopic (exact) mass is 443 g/mol. The molecule has 3 aromatic rings. The topological polar surface area (TPSA) is 99.9 Å². The zero-order valence-corrected chi connectivity index (χ0v) is 18.3. The van der Waals surface area contributed by atoms with Crippen LogP contribution in [0.1, 0.15) is 27.3 Å². The number of likely N-dealkylation sites (N-methyl/N-ethyl adjacent to an activating group) is 1. The molecular weight excluding hydrogens is 422 g/mol. The van der Waals surface area contributed by atoms with Crippen LogP contribution < -0.4 is 4.90 Å². The van der Waals surface area contributed by atoms with Gasteiger partial charge in [0.05, 0.1) is 11.3 Å². The van der Waals surface area contributed by atoms with E-state index < -0.39 is 23.8 Å². The number of nitrogens with zero attached hydrogens (tertiary/aromatic N) is 3. The number of imide groups is 2. The molecule has 1 fully saturated rings. The molecule has 1 aliphatic heterocycles. The molecule has 166 valence electrons. The highest BCUT2D eigenvalue weighted by molar-refractivity contribution is 6.39. The van der Waals surface area contributed by atoms with Gasteiger partial charge in [-0.3, -0.25) is 14.5 Å². The number of aryl methyl sites for hydroxylation is 1. The summed E-state index contributed by atoms with van der Waals surface area (Å²) in [6.45, 7) is 3.71. The number of aromatic nitrogens is 1. The second-order valence-corrected chi connectivity index (χ2v) is 7.69. The van der Waals surface area contributed by atoms with E-state index in [2.05, 4.69) is 0 Å². The van der Waals surface area contributed by atoms with E-state index >= 15 is 0 Å². The molecule has 4 rings (SSSR count). The zero-order valence-electron chi connectivity index (χ0n) is 18.3. The van der Waals surface area contributed by atoms with Crippen LogP contribution >= 0.6 is 0 Å². The Bertz CT molecular complexity index is 1320. The number of carboxylic acids is 1. The summed E-state index contributed by atoms with van der Waals surface area (Å²) in [6.07, 6.45) is 1.49. The molecule has 1 saturated heterocycles. The molecule has 2 aromatic carbocycles. The molecule has 0 bridgehead atoms. The summed E-state index contributed by atoms with van der Waals surface area (Å²) in [6, 6.07) is 16.0. The fourth-order valence-electron chi connectivity index (χ4n) is 3.88. The summed E-state index contributed by atoms with van der Waals surface area (Å²) in [5.74, 6) is -2.37. The van der Waals surface area contributed by atoms with Gasteiger partial charge in [0.2, 0.25) is 0 Å². The molecular formula is C25H21N3O5. The smallest absolute Gasteiger partial charge is 0.338 e. The van der Waals surface area contributed by atoms with Crippen LogP contribution in [0.2, 0.25) is 0 Å². The van der Waals surface area contributed by atoms with Gasteiger partial charge in [-0.25, -0.2) is 14.5 Å². The average molecular weight is 443 g/mol. The lowest BCUT2D eigenvalue weighted by molar-refractivity contribution is -0.128. The predicted octanol–water partition coefficient (Wildman–Crippen LogP) is 3.80. The number of hydrogen-bond acceptors (Lipinski definition) is 4. The minimum atomic E-state index is -1.01. The van der Waals surface area contributed by atoms with Gasteiger partial charge >= 0.3 is 12.0 Å². The van der Waals surface area contributed by atoms with Crippen molar-refractivity contribution in [1.29, 1.82) is 0 Å². The lowest BCUT2D eigenvalue weighted by Crippen LogP contribution is -2.55. The van der Waals surface area contributed by atoms with Crippen molar-refractivity contribution in [2.75, 3.05) is 11.9 Å². The second kappa shape index (κ2) is 8.23. The van der Waals surface area contributed by atoms with E-state index in [1.54, 1.807) is 42.5 Å². The lowest BCUT2D eigenvalue weighted by atomic mass is 10.1. The van der Waals surface area contributed by atoms with Crippen molar-refractivity contribution in [1.82, 2.24) is 9.47 Å². The molecule has 1 aliphatic rings. The van der Waals surface area contributed by atoms with Gasteiger partial charge in [-0.15, -0.1) is 0 Å². The number of benzene rings is 2. The molecule has 8 nitrogen and oxygen atoms in total. The molecule has 0 aliphatic carbocycles. The predicted molar refractivity (Wildman–Crippen MR) is 122 cm³/mol. The van der Waals surface area contributed by atoms with Gasteiger partial charge in [0.15, 0.2) is 0 Å². The average Bonchev–Trinajstić information content (AvgIpc) is 3.09. The lowest BCUT2D eigenvalue weighted by Gasteiger charge is -2.31. The van der Waals surface area contributed by atoms with E-state index in [9.17, 15) is 19.2 Å². The number of barbiturate groups is 1. The maximum absolute atomic E-state index is 13.2. The highest BCUT2D eigenvalue weighted by atomic mass is 16.4. The third kappa shape index (κ3) is 3.71. The van der Waals surface area contributed by atoms with Crippen molar-refractivity contribution in [3.8, 4) is 5.69 Å². The van der Waals surface area contributed by atoms with Gasteiger partial charge in [-0.05, 0) is 68.0 Å². The van der Waals surface area contributed by atoms with E-state index in [-0.39, 0.29) is 11.1 Å². The third-order valence-corrected chi connectivity index (χ3v) is 5.60. The van der Waals surface area contributed by atoms with E-state index in [4.69, 9.17) is 5.11 Å². The summed E-state index contributed by atoms with van der Waals surface area (Å²) >= 11 is 0. The van der Waals surface area contributed by atoms with Crippen LogP contribution in [0.15, 0.2) is 66.2 Å². The molecule has 0 radical (unpaired) electrons. The molecule has 0 atom stereocenters. The summed E-state index contributed by atoms with van der Waals surface area (Å²) in [5.41, 5.74) is 3.42. The number of aromatic carboxylic acids is 1. The number of carbonyl (C=O) groups excluding carboxylic acids is 3. The Balaban J connectivity index is 1.77. The Morgan fingerprint density at radius 1 is 0.879 bits per heavy atom. The number of amides is 4. The molecule has 0 unspecified atom stereocenters. The molecule has 4 amide bonds. The molecule has 0 saturated carbocycles. The summed E-state index contributed by atoms with van der Waals surface area (Å²) in [5, 5.41) is 9.13. The standard InChI is InChI=1S/C25H21N3O5/c1-15-13-18(16(2)27(15)20-11-9-17(10-12-20)24(31)32)14-21-22(29)26(3)25(33)28(23(21)30)19-7-5-4-6-8-19/h4-14H,1-3H3,(H,31,32)/b21-14+. The Morgan fingerprint density at radius 2 is 1.52 bits per heavy atom. The van der Waals surface area contributed by atoms with E-state index in [0.29, 0.717) is 11.3 Å². The van der Waals surface area contributed by atoms with Crippen molar-refractivity contribution >= 4 is 35.6 Å². The first-order valence-corrected chi connectivity index (χ1v) is 10.2. The number of anilines is 1. The highest BCUT2D eigenvalue weighted by Gasteiger charge is 2.41. The zero-order chi connectivity index (χ0) is 23.9. The Kier molecular flexibility index (Phi) is 5.43. The van der Waals surface area contributed by atoms with Gasteiger partial charge < -0.3 is 9.67 Å². The van der Waals surface area contributed by atoms with Crippen molar-refractivity contribution in [2.24, 2.45) is 0 Å². The Morgan fingerprint density at radius 3 is 2.12 bits per heavy atom. The summed E-state index contributed by atoms with van der Waals surface area (Å²) < 4.78 is 1.90. The van der Waals surface area contributed by atoms with Crippen LogP contribution in [0.3, 0.4) is 0 Å². The van der Waals surface area contributed by atoms with Crippen LogP contribution in [0.25, 0.3) is 11.8 Å². The van der Waals surface area contributed by atoms with Crippen molar-refractivity contribution < 1.29 is 24.3 Å². The van der Waals surface area contributed by atoms with E-state index in [0.717, 1.165) is 26.9 Å². The largest absolute Gasteiger partial charge is 0.478 e. The third-order valence-electron chi connectivity index (χ3n) is 5.60. The van der Waals surface area contributed by atoms with Gasteiger partial charge in [-0.2, -0.15) is 0 Å². The van der Waals surface area contributed by atoms with Gasteiger partial charge in [0, 0.05) is 24.1 Å². The maximum Gasteiger partial charge on any atom is 0.338 e. The first-order valence-electron chi connectivity index (χ1n) is 10.2. The first kappa shape index (κ1) is 21.8. The number of urea groups is 1. The van der Waals surface area contributed by atoms with Crippen molar-refractivity contribution in [3.63, 3.8) is 0 Å². The maximum atomic E-state index is 13.2. The fraction of sp³-hybridized carbons (Fsp3) is 0.120.